The molecule has 3 atom stereocenters. The Morgan fingerprint density at radius 1 is 0.857 bits per heavy atom. The second-order valence-corrected chi connectivity index (χ2v) is 13.1. The van der Waals surface area contributed by atoms with Crippen LogP contribution in [0.5, 0.6) is 11.5 Å². The van der Waals surface area contributed by atoms with Crippen LogP contribution in [0.2, 0.25) is 0 Å². The molecule has 0 radical (unpaired) electrons. The van der Waals surface area contributed by atoms with Crippen molar-refractivity contribution >= 4 is 52.2 Å². The Hall–Kier alpha value is -4.77. The van der Waals surface area contributed by atoms with Crippen molar-refractivity contribution in [1.82, 2.24) is 4.57 Å². The van der Waals surface area contributed by atoms with Crippen molar-refractivity contribution in [3.05, 3.63) is 98.0 Å². The highest BCUT2D eigenvalue weighted by atomic mass is 32.2. The number of nitrogens with zero attached hydrogens (tertiary/aromatic N) is 2. The minimum atomic E-state index is -4.90. The number of halogens is 6. The van der Waals surface area contributed by atoms with E-state index < -0.39 is 75.4 Å². The normalized spacial score (nSPS) is 19.0. The fourth-order valence-corrected chi connectivity index (χ4v) is 8.70. The molecule has 2 unspecified atom stereocenters. The van der Waals surface area contributed by atoms with Gasteiger partial charge in [0.2, 0.25) is 17.7 Å². The van der Waals surface area contributed by atoms with Gasteiger partial charge in [-0.2, -0.15) is 26.3 Å². The fourth-order valence-electron chi connectivity index (χ4n) is 5.92. The van der Waals surface area contributed by atoms with E-state index in [0.717, 1.165) is 52.7 Å². The molecule has 0 bridgehead atoms. The number of amides is 3. The van der Waals surface area contributed by atoms with Crippen molar-refractivity contribution in [2.75, 3.05) is 24.4 Å². The number of aromatic nitrogens is 1. The van der Waals surface area contributed by atoms with Gasteiger partial charge in [-0.1, -0.05) is 47.4 Å². The zero-order chi connectivity index (χ0) is 35.4. The lowest BCUT2D eigenvalue weighted by molar-refractivity contribution is -0.138. The summed E-state index contributed by atoms with van der Waals surface area (Å²) in [6.45, 7) is -0.674. The van der Waals surface area contributed by atoms with Gasteiger partial charge in [-0.3, -0.25) is 23.7 Å². The molecular weight excluding hydrogens is 700 g/mol. The summed E-state index contributed by atoms with van der Waals surface area (Å²) in [4.78, 5) is 54.6. The molecular formula is C32H23F6N3O6S2. The zero-order valence-corrected chi connectivity index (χ0v) is 26.9. The summed E-state index contributed by atoms with van der Waals surface area (Å²) in [5.74, 6) is -4.49. The summed E-state index contributed by atoms with van der Waals surface area (Å²) in [5, 5.41) is 1.14. The Morgan fingerprint density at radius 2 is 1.57 bits per heavy atom. The molecule has 4 aromatic rings. The van der Waals surface area contributed by atoms with E-state index in [2.05, 4.69) is 5.32 Å². The minimum Gasteiger partial charge on any atom is -0.493 e. The number of thioether (sulfide) groups is 1. The van der Waals surface area contributed by atoms with Crippen molar-refractivity contribution in [2.24, 2.45) is 5.92 Å². The standard InChI is InChI=1S/C32H23F6N3O6S2/c1-46-20-11-10-15(12-21(20)47-2)23-24-25(28(44)41(27(24)43)19-9-4-3-8-18(19)32(36,37)38)48-29-26(23)49-30(45)40(29)14-22(42)39-17-7-5-6-16(13-17)31(33,34)35/h3-13,23-25H,14H2,1-2H3,(H,39,42)/t23-,24?,25?/m1/s1. The highest BCUT2D eigenvalue weighted by Crippen LogP contribution is 2.55. The smallest absolute Gasteiger partial charge is 0.418 e. The van der Waals surface area contributed by atoms with Gasteiger partial charge in [-0.25, -0.2) is 4.90 Å². The van der Waals surface area contributed by atoms with E-state index in [1.165, 1.54) is 38.5 Å². The average molecular weight is 724 g/mol. The maximum absolute atomic E-state index is 14.1. The third kappa shape index (κ3) is 6.16. The number of nitrogens with one attached hydrogen (secondary N) is 1. The summed E-state index contributed by atoms with van der Waals surface area (Å²) in [6, 6.07) is 12.7. The van der Waals surface area contributed by atoms with Crippen molar-refractivity contribution in [3.63, 3.8) is 0 Å². The number of fused-ring (bicyclic) bond motifs is 2. The number of hydrogen-bond acceptors (Lipinski definition) is 8. The monoisotopic (exact) mass is 723 g/mol. The second kappa shape index (κ2) is 12.6. The molecule has 1 aromatic heterocycles. The number of anilines is 2. The first kappa shape index (κ1) is 34.1. The highest BCUT2D eigenvalue weighted by Gasteiger charge is 2.58. The van der Waals surface area contributed by atoms with Crippen LogP contribution in [0.4, 0.5) is 37.7 Å². The zero-order valence-electron chi connectivity index (χ0n) is 25.2. The molecule has 2 aliphatic rings. The van der Waals surface area contributed by atoms with Crippen LogP contribution in [0.15, 0.2) is 76.6 Å². The number of thiazole rings is 1. The summed E-state index contributed by atoms with van der Waals surface area (Å²) in [5.41, 5.74) is -2.64. The molecule has 1 fully saturated rings. The lowest BCUT2D eigenvalue weighted by Gasteiger charge is -2.31. The van der Waals surface area contributed by atoms with Crippen LogP contribution in [0, 0.1) is 5.92 Å². The molecule has 1 N–H and O–H groups in total. The molecule has 1 saturated heterocycles. The quantitative estimate of drug-likeness (QED) is 0.174. The van der Waals surface area contributed by atoms with E-state index in [1.54, 1.807) is 6.07 Å². The van der Waals surface area contributed by atoms with E-state index in [0.29, 0.717) is 27.5 Å². The molecule has 9 nitrogen and oxygen atoms in total. The first-order valence-electron chi connectivity index (χ1n) is 14.3. The van der Waals surface area contributed by atoms with E-state index in [4.69, 9.17) is 9.47 Å². The SMILES string of the molecule is COc1ccc([C@H]2c3sc(=O)n(CC(=O)Nc4cccc(C(F)(F)F)c4)c3SC3C(=O)N(c4ccccc4C(F)(F)F)C(=O)C32)cc1OC. The summed E-state index contributed by atoms with van der Waals surface area (Å²) in [7, 11) is 2.76. The first-order valence-corrected chi connectivity index (χ1v) is 16.0. The number of alkyl halides is 6. The highest BCUT2D eigenvalue weighted by molar-refractivity contribution is 8.00. The van der Waals surface area contributed by atoms with Gasteiger partial charge in [0.05, 0.1) is 42.0 Å². The molecule has 0 spiro atoms. The van der Waals surface area contributed by atoms with Gasteiger partial charge in [-0.15, -0.1) is 0 Å². The molecule has 6 rings (SSSR count). The molecule has 0 saturated carbocycles. The van der Waals surface area contributed by atoms with Gasteiger partial charge in [0.15, 0.2) is 11.5 Å². The van der Waals surface area contributed by atoms with Crippen LogP contribution in [0.25, 0.3) is 0 Å². The lowest BCUT2D eigenvalue weighted by Crippen LogP contribution is -2.33. The summed E-state index contributed by atoms with van der Waals surface area (Å²) >= 11 is 1.44. The van der Waals surface area contributed by atoms with Gasteiger partial charge in [0.25, 0.3) is 0 Å². The fraction of sp³-hybridized carbons (Fsp3) is 0.250. The number of hydrogen-bond donors (Lipinski definition) is 1. The Labute approximate surface area is 281 Å². The molecule has 49 heavy (non-hydrogen) atoms. The van der Waals surface area contributed by atoms with E-state index in [9.17, 15) is 45.5 Å². The topological polar surface area (TPSA) is 107 Å². The molecule has 3 amide bonds. The lowest BCUT2D eigenvalue weighted by atomic mass is 9.83. The number of imide groups is 1. The third-order valence-electron chi connectivity index (χ3n) is 8.04. The predicted molar refractivity (Wildman–Crippen MR) is 167 cm³/mol. The van der Waals surface area contributed by atoms with Crippen molar-refractivity contribution in [3.8, 4) is 11.5 Å². The largest absolute Gasteiger partial charge is 0.493 e. The van der Waals surface area contributed by atoms with Crippen LogP contribution in [0.1, 0.15) is 27.5 Å². The van der Waals surface area contributed by atoms with Gasteiger partial charge in [0, 0.05) is 16.5 Å². The van der Waals surface area contributed by atoms with Gasteiger partial charge >= 0.3 is 17.2 Å². The molecule has 3 heterocycles. The van der Waals surface area contributed by atoms with Gasteiger partial charge in [0.1, 0.15) is 11.8 Å². The Bertz CT molecular complexity index is 2040. The molecule has 0 aliphatic carbocycles. The van der Waals surface area contributed by atoms with Crippen LogP contribution < -0.4 is 24.6 Å². The Kier molecular flexibility index (Phi) is 8.77. The van der Waals surface area contributed by atoms with Crippen molar-refractivity contribution in [1.29, 1.82) is 0 Å². The number of rotatable bonds is 7. The second-order valence-electron chi connectivity index (χ2n) is 10.9. The number of benzene rings is 3. The van der Waals surface area contributed by atoms with Gasteiger partial charge in [-0.05, 0) is 48.0 Å². The van der Waals surface area contributed by atoms with Crippen molar-refractivity contribution < 1.29 is 50.2 Å². The predicted octanol–water partition coefficient (Wildman–Crippen LogP) is 6.40. The van der Waals surface area contributed by atoms with Gasteiger partial charge < -0.3 is 14.8 Å². The maximum Gasteiger partial charge on any atom is 0.418 e. The minimum absolute atomic E-state index is 0.113. The summed E-state index contributed by atoms with van der Waals surface area (Å²) < 4.78 is 93.5. The number of ether oxygens (including phenoxy) is 2. The van der Waals surface area contributed by atoms with Crippen molar-refractivity contribution in [2.45, 2.75) is 35.1 Å². The molecule has 3 aromatic carbocycles. The average Bonchev–Trinajstić information content (AvgIpc) is 3.49. The molecule has 256 valence electrons. The van der Waals surface area contributed by atoms with Crippen LogP contribution >= 0.6 is 23.1 Å². The third-order valence-corrected chi connectivity index (χ3v) is 10.6. The van der Waals surface area contributed by atoms with E-state index in [1.807, 2.05) is 0 Å². The van der Waals surface area contributed by atoms with E-state index >= 15 is 0 Å². The summed E-state index contributed by atoms with van der Waals surface area (Å²) in [6.07, 6.45) is -9.57. The Balaban J connectivity index is 1.44. The number of carbonyl (C=O) groups is 3. The molecule has 2 aliphatic heterocycles. The van der Waals surface area contributed by atoms with Crippen LogP contribution in [0.3, 0.4) is 0 Å². The number of carbonyl (C=O) groups excluding carboxylic acids is 3. The Morgan fingerprint density at radius 3 is 2.24 bits per heavy atom. The number of methoxy groups -OCH3 is 2. The molecule has 17 heteroatoms. The first-order chi connectivity index (χ1) is 23.1. The van der Waals surface area contributed by atoms with E-state index in [-0.39, 0.29) is 21.3 Å². The number of para-hydroxylation sites is 1. The maximum atomic E-state index is 14.1. The van der Waals surface area contributed by atoms with Crippen LogP contribution in [-0.4, -0.2) is 41.8 Å². The van der Waals surface area contributed by atoms with Crippen LogP contribution in [-0.2, 0) is 33.3 Å².